The monoisotopic (exact) mass is 410 g/mol. The topological polar surface area (TPSA) is 67.2 Å². The lowest BCUT2D eigenvalue weighted by Gasteiger charge is -2.22. The molecule has 1 N–H and O–H groups in total. The van der Waals surface area contributed by atoms with Crippen molar-refractivity contribution in [2.75, 3.05) is 19.4 Å². The Kier molecular flexibility index (Phi) is 5.41. The van der Waals surface area contributed by atoms with Gasteiger partial charge in [-0.3, -0.25) is 14.3 Å². The Morgan fingerprint density at radius 2 is 1.93 bits per heavy atom. The number of aromatic nitrogens is 2. The van der Waals surface area contributed by atoms with Crippen molar-refractivity contribution < 1.29 is 9.59 Å². The molecular weight excluding hydrogens is 384 g/mol. The van der Waals surface area contributed by atoms with Crippen LogP contribution in [0, 0.1) is 6.92 Å². The number of benzene rings is 1. The van der Waals surface area contributed by atoms with Gasteiger partial charge < -0.3 is 10.2 Å². The van der Waals surface area contributed by atoms with E-state index < -0.39 is 0 Å². The molecule has 152 valence electrons. The van der Waals surface area contributed by atoms with E-state index in [1.165, 1.54) is 35.5 Å². The fourth-order valence-corrected chi connectivity index (χ4v) is 5.07. The molecule has 0 radical (unpaired) electrons. The minimum atomic E-state index is -0.157. The predicted octanol–water partition coefficient (Wildman–Crippen LogP) is 4.87. The molecule has 0 aliphatic heterocycles. The van der Waals surface area contributed by atoms with Gasteiger partial charge in [-0.25, -0.2) is 0 Å². The van der Waals surface area contributed by atoms with Gasteiger partial charge in [0.05, 0.1) is 16.6 Å². The van der Waals surface area contributed by atoms with E-state index in [-0.39, 0.29) is 11.8 Å². The van der Waals surface area contributed by atoms with E-state index in [1.54, 1.807) is 38.4 Å². The number of fused-ring (bicyclic) bond motifs is 1. The van der Waals surface area contributed by atoms with Gasteiger partial charge in [-0.1, -0.05) is 25.3 Å². The first-order valence-electron chi connectivity index (χ1n) is 10.1. The molecule has 1 saturated carbocycles. The molecule has 6 nitrogen and oxygen atoms in total. The minimum absolute atomic E-state index is 0.0915. The molecule has 1 aromatic carbocycles. The number of thiophene rings is 1. The number of amides is 2. The van der Waals surface area contributed by atoms with Crippen molar-refractivity contribution in [1.82, 2.24) is 14.7 Å². The van der Waals surface area contributed by atoms with Gasteiger partial charge in [0.25, 0.3) is 11.8 Å². The summed E-state index contributed by atoms with van der Waals surface area (Å²) in [6, 6.07) is 9.41. The number of carbonyl (C=O) groups is 2. The Morgan fingerprint density at radius 1 is 1.17 bits per heavy atom. The lowest BCUT2D eigenvalue weighted by atomic mass is 9.96. The van der Waals surface area contributed by atoms with Gasteiger partial charge >= 0.3 is 0 Å². The third kappa shape index (κ3) is 3.92. The Hall–Kier alpha value is -2.67. The van der Waals surface area contributed by atoms with Crippen molar-refractivity contribution in [1.29, 1.82) is 0 Å². The lowest BCUT2D eigenvalue weighted by molar-refractivity contribution is 0.0827. The van der Waals surface area contributed by atoms with Crippen LogP contribution in [0.4, 0.5) is 5.69 Å². The average Bonchev–Trinajstić information content (AvgIpc) is 3.29. The number of hydrogen-bond donors (Lipinski definition) is 1. The molecule has 3 aromatic rings. The standard InChI is InChI=1S/C22H26N4O2S/c1-14-18-13-19(29-22(18)26(24-14)17-10-5-4-6-11-17)20(27)23-16-9-7-8-15(12-16)21(28)25(2)3/h7-9,12-13,17H,4-6,10-11H2,1-3H3,(H,23,27). The Labute approximate surface area is 174 Å². The molecular formula is C22H26N4O2S. The molecule has 1 aliphatic rings. The van der Waals surface area contributed by atoms with Crippen molar-refractivity contribution in [2.24, 2.45) is 0 Å². The summed E-state index contributed by atoms with van der Waals surface area (Å²) in [7, 11) is 3.42. The summed E-state index contributed by atoms with van der Waals surface area (Å²) >= 11 is 1.49. The maximum Gasteiger partial charge on any atom is 0.265 e. The second-order valence-electron chi connectivity index (χ2n) is 7.89. The maximum absolute atomic E-state index is 12.9. The molecule has 7 heteroatoms. The molecule has 1 fully saturated rings. The summed E-state index contributed by atoms with van der Waals surface area (Å²) in [5.41, 5.74) is 2.14. The van der Waals surface area contributed by atoms with Gasteiger partial charge in [-0.05, 0) is 44.0 Å². The van der Waals surface area contributed by atoms with Crippen molar-refractivity contribution in [2.45, 2.75) is 45.1 Å². The van der Waals surface area contributed by atoms with Crippen molar-refractivity contribution in [3.8, 4) is 0 Å². The molecule has 0 bridgehead atoms. The van der Waals surface area contributed by atoms with Crippen molar-refractivity contribution >= 4 is 39.1 Å². The summed E-state index contributed by atoms with van der Waals surface area (Å²) in [5, 5.41) is 8.75. The number of carbonyl (C=O) groups excluding carboxylic acids is 2. The van der Waals surface area contributed by atoms with E-state index in [1.807, 2.05) is 13.0 Å². The zero-order chi connectivity index (χ0) is 20.5. The summed E-state index contributed by atoms with van der Waals surface area (Å²) in [5.74, 6) is -0.249. The smallest absolute Gasteiger partial charge is 0.265 e. The lowest BCUT2D eigenvalue weighted by Crippen LogP contribution is -2.21. The van der Waals surface area contributed by atoms with Gasteiger partial charge in [-0.15, -0.1) is 11.3 Å². The van der Waals surface area contributed by atoms with E-state index in [0.29, 0.717) is 22.2 Å². The van der Waals surface area contributed by atoms with Crippen LogP contribution in [0.5, 0.6) is 0 Å². The number of aryl methyl sites for hydroxylation is 1. The highest BCUT2D eigenvalue weighted by Gasteiger charge is 2.22. The fourth-order valence-electron chi connectivity index (χ4n) is 3.94. The number of hydrogen-bond acceptors (Lipinski definition) is 4. The maximum atomic E-state index is 12.9. The quantitative estimate of drug-likeness (QED) is 0.667. The van der Waals surface area contributed by atoms with Crippen LogP contribution in [0.25, 0.3) is 10.2 Å². The van der Waals surface area contributed by atoms with Gasteiger partial charge in [0.1, 0.15) is 4.83 Å². The second kappa shape index (κ2) is 7.99. The van der Waals surface area contributed by atoms with Gasteiger partial charge in [0.2, 0.25) is 0 Å². The SMILES string of the molecule is Cc1nn(C2CCCCC2)c2sc(C(=O)Nc3cccc(C(=O)N(C)C)c3)cc12. The first-order valence-corrected chi connectivity index (χ1v) is 10.9. The van der Waals surface area contributed by atoms with E-state index in [0.717, 1.165) is 28.8 Å². The molecule has 0 saturated heterocycles. The second-order valence-corrected chi connectivity index (χ2v) is 8.92. The van der Waals surface area contributed by atoms with Crippen LogP contribution in [0.2, 0.25) is 0 Å². The molecule has 0 unspecified atom stereocenters. The van der Waals surface area contributed by atoms with Crippen LogP contribution < -0.4 is 5.32 Å². The van der Waals surface area contributed by atoms with E-state index in [4.69, 9.17) is 5.10 Å². The molecule has 0 spiro atoms. The van der Waals surface area contributed by atoms with Gasteiger partial charge in [0, 0.05) is 30.7 Å². The van der Waals surface area contributed by atoms with Gasteiger partial charge in [-0.2, -0.15) is 5.10 Å². The van der Waals surface area contributed by atoms with Crippen molar-refractivity contribution in [3.05, 3.63) is 46.5 Å². The highest BCUT2D eigenvalue weighted by Crippen LogP contribution is 2.35. The number of nitrogens with zero attached hydrogens (tertiary/aromatic N) is 3. The summed E-state index contributed by atoms with van der Waals surface area (Å²) in [6.07, 6.45) is 6.09. The summed E-state index contributed by atoms with van der Waals surface area (Å²) in [6.45, 7) is 2.01. The largest absolute Gasteiger partial charge is 0.345 e. The van der Waals surface area contributed by atoms with E-state index in [9.17, 15) is 9.59 Å². The normalized spacial score (nSPS) is 14.9. The number of nitrogens with one attached hydrogen (secondary N) is 1. The molecule has 2 heterocycles. The third-order valence-corrected chi connectivity index (χ3v) is 6.61. The first-order chi connectivity index (χ1) is 13.9. The molecule has 1 aliphatic carbocycles. The fraction of sp³-hybridized carbons (Fsp3) is 0.409. The Balaban J connectivity index is 1.58. The third-order valence-electron chi connectivity index (χ3n) is 5.49. The van der Waals surface area contributed by atoms with Crippen LogP contribution in [-0.4, -0.2) is 40.6 Å². The van der Waals surface area contributed by atoms with Crippen LogP contribution in [0.3, 0.4) is 0 Å². The van der Waals surface area contributed by atoms with Crippen LogP contribution >= 0.6 is 11.3 Å². The van der Waals surface area contributed by atoms with Crippen molar-refractivity contribution in [3.63, 3.8) is 0 Å². The summed E-state index contributed by atoms with van der Waals surface area (Å²) in [4.78, 5) is 28.3. The van der Waals surface area contributed by atoms with Crippen LogP contribution in [0.15, 0.2) is 30.3 Å². The van der Waals surface area contributed by atoms with Crippen LogP contribution in [0.1, 0.15) is 63.9 Å². The minimum Gasteiger partial charge on any atom is -0.345 e. The molecule has 2 amide bonds. The van der Waals surface area contributed by atoms with E-state index >= 15 is 0 Å². The highest BCUT2D eigenvalue weighted by molar-refractivity contribution is 7.20. The molecule has 2 aromatic heterocycles. The molecule has 0 atom stereocenters. The zero-order valence-electron chi connectivity index (χ0n) is 17.1. The Bertz CT molecular complexity index is 1060. The zero-order valence-corrected chi connectivity index (χ0v) is 17.9. The van der Waals surface area contributed by atoms with Gasteiger partial charge in [0.15, 0.2) is 0 Å². The average molecular weight is 411 g/mol. The van der Waals surface area contributed by atoms with E-state index in [2.05, 4.69) is 10.00 Å². The predicted molar refractivity (Wildman–Crippen MR) is 117 cm³/mol. The summed E-state index contributed by atoms with van der Waals surface area (Å²) < 4.78 is 2.14. The highest BCUT2D eigenvalue weighted by atomic mass is 32.1. The molecule has 4 rings (SSSR count). The molecule has 29 heavy (non-hydrogen) atoms. The Morgan fingerprint density at radius 3 is 2.66 bits per heavy atom. The number of anilines is 1. The van der Waals surface area contributed by atoms with Crippen LogP contribution in [-0.2, 0) is 0 Å². The first kappa shape index (κ1) is 19.6. The number of rotatable bonds is 4.